The first kappa shape index (κ1) is 21.1. The van der Waals surface area contributed by atoms with Gasteiger partial charge in [0.1, 0.15) is 11.5 Å². The van der Waals surface area contributed by atoms with E-state index in [9.17, 15) is 18.0 Å². The summed E-state index contributed by atoms with van der Waals surface area (Å²) in [6.07, 6.45) is -2.88. The molecule has 10 heteroatoms. The Balaban J connectivity index is 1.78. The Labute approximate surface area is 177 Å². The van der Waals surface area contributed by atoms with E-state index >= 15 is 0 Å². The molecular weight excluding hydrogens is 475 g/mol. The molecule has 2 aromatic carbocycles. The maximum absolute atomic E-state index is 13.0. The van der Waals surface area contributed by atoms with E-state index in [2.05, 4.69) is 31.2 Å². The maximum Gasteiger partial charge on any atom is 0.435 e. The van der Waals surface area contributed by atoms with Crippen molar-refractivity contribution in [3.8, 4) is 11.5 Å². The van der Waals surface area contributed by atoms with E-state index in [1.54, 1.807) is 42.5 Å². The largest absolute Gasteiger partial charge is 0.456 e. The number of nitrogens with zero attached hydrogens (tertiary/aromatic N) is 2. The number of halogens is 5. The molecule has 0 aliphatic rings. The van der Waals surface area contributed by atoms with Crippen molar-refractivity contribution in [3.63, 3.8) is 0 Å². The Morgan fingerprint density at radius 2 is 1.83 bits per heavy atom. The van der Waals surface area contributed by atoms with E-state index in [1.807, 2.05) is 0 Å². The van der Waals surface area contributed by atoms with Crippen LogP contribution in [0.5, 0.6) is 11.5 Å². The molecular formula is C19H12BrClF3N3O2. The molecule has 1 N–H and O–H groups in total. The number of ether oxygens (including phenoxy) is 1. The van der Waals surface area contributed by atoms with Gasteiger partial charge in [0.2, 0.25) is 0 Å². The van der Waals surface area contributed by atoms with Gasteiger partial charge in [0.25, 0.3) is 5.91 Å². The Hall–Kier alpha value is -2.65. The highest BCUT2D eigenvalue weighted by molar-refractivity contribution is 9.10. The third-order valence-corrected chi connectivity index (χ3v) is 4.56. The zero-order valence-corrected chi connectivity index (χ0v) is 16.8. The van der Waals surface area contributed by atoms with Crippen LogP contribution in [0, 0.1) is 0 Å². The van der Waals surface area contributed by atoms with Crippen molar-refractivity contribution < 1.29 is 22.7 Å². The van der Waals surface area contributed by atoms with Crippen LogP contribution in [-0.2, 0) is 12.7 Å². The fraction of sp³-hybridized carbons (Fsp3) is 0.105. The van der Waals surface area contributed by atoms with E-state index in [1.165, 1.54) is 0 Å². The molecule has 29 heavy (non-hydrogen) atoms. The second-order valence-corrected chi connectivity index (χ2v) is 7.01. The Morgan fingerprint density at radius 1 is 1.10 bits per heavy atom. The van der Waals surface area contributed by atoms with Gasteiger partial charge in [0.15, 0.2) is 11.4 Å². The smallest absolute Gasteiger partial charge is 0.435 e. The highest BCUT2D eigenvalue weighted by Gasteiger charge is 2.38. The summed E-state index contributed by atoms with van der Waals surface area (Å²) in [7, 11) is 0. The molecule has 150 valence electrons. The van der Waals surface area contributed by atoms with E-state index in [0.29, 0.717) is 26.6 Å². The van der Waals surface area contributed by atoms with Gasteiger partial charge in [-0.3, -0.25) is 4.79 Å². The number of nitrogens with one attached hydrogen (secondary N) is 1. The quantitative estimate of drug-likeness (QED) is 0.507. The number of aromatic nitrogens is 2. The lowest BCUT2D eigenvalue weighted by atomic mass is 10.2. The molecule has 0 fully saturated rings. The van der Waals surface area contributed by atoms with E-state index in [0.717, 1.165) is 12.4 Å². The minimum atomic E-state index is -4.79. The van der Waals surface area contributed by atoms with Gasteiger partial charge >= 0.3 is 6.18 Å². The molecule has 0 bridgehead atoms. The van der Waals surface area contributed by atoms with Crippen molar-refractivity contribution in [2.45, 2.75) is 12.7 Å². The number of benzene rings is 2. The highest BCUT2D eigenvalue weighted by Crippen LogP contribution is 2.33. The first-order chi connectivity index (χ1) is 13.8. The van der Waals surface area contributed by atoms with Crippen LogP contribution in [0.4, 0.5) is 13.2 Å². The fourth-order valence-corrected chi connectivity index (χ4v) is 3.16. The third kappa shape index (κ3) is 5.24. The van der Waals surface area contributed by atoms with Gasteiger partial charge in [-0.05, 0) is 40.2 Å². The van der Waals surface area contributed by atoms with Crippen molar-refractivity contribution in [1.29, 1.82) is 0 Å². The van der Waals surface area contributed by atoms with Crippen LogP contribution in [0.2, 0.25) is 5.02 Å². The third-order valence-electron chi connectivity index (χ3n) is 3.71. The summed E-state index contributed by atoms with van der Waals surface area (Å²) in [6, 6.07) is 11.8. The van der Waals surface area contributed by atoms with Crippen molar-refractivity contribution in [3.05, 3.63) is 81.3 Å². The highest BCUT2D eigenvalue weighted by atomic mass is 79.9. The van der Waals surface area contributed by atoms with Crippen LogP contribution in [0.3, 0.4) is 0 Å². The average Bonchev–Trinajstić information content (AvgIpc) is 2.68. The molecule has 3 aromatic rings. The van der Waals surface area contributed by atoms with Crippen molar-refractivity contribution >= 4 is 33.4 Å². The number of alkyl halides is 3. The first-order valence-electron chi connectivity index (χ1n) is 8.13. The van der Waals surface area contributed by atoms with E-state index in [-0.39, 0.29) is 6.54 Å². The van der Waals surface area contributed by atoms with Gasteiger partial charge in [-0.1, -0.05) is 29.8 Å². The molecule has 0 spiro atoms. The number of carbonyl (C=O) groups is 1. The summed E-state index contributed by atoms with van der Waals surface area (Å²) in [5.41, 5.74) is -1.58. The molecule has 0 atom stereocenters. The van der Waals surface area contributed by atoms with Crippen LogP contribution >= 0.6 is 27.5 Å². The number of carbonyl (C=O) groups excluding carboxylic acids is 1. The molecule has 1 amide bonds. The lowest BCUT2D eigenvalue weighted by molar-refractivity contribution is -0.141. The van der Waals surface area contributed by atoms with Gasteiger partial charge in [0.05, 0.1) is 4.47 Å². The molecule has 0 aliphatic carbocycles. The summed E-state index contributed by atoms with van der Waals surface area (Å²) in [6.45, 7) is -0.0753. The van der Waals surface area contributed by atoms with Gasteiger partial charge < -0.3 is 10.1 Å². The topological polar surface area (TPSA) is 64.1 Å². The number of hydrogen-bond acceptors (Lipinski definition) is 4. The van der Waals surface area contributed by atoms with Crippen LogP contribution in [0.25, 0.3) is 0 Å². The first-order valence-corrected chi connectivity index (χ1v) is 9.30. The van der Waals surface area contributed by atoms with Crippen LogP contribution in [0.1, 0.15) is 21.7 Å². The van der Waals surface area contributed by atoms with Crippen molar-refractivity contribution in [1.82, 2.24) is 15.3 Å². The summed E-state index contributed by atoms with van der Waals surface area (Å²) in [5, 5.41) is 2.95. The zero-order chi connectivity index (χ0) is 21.0. The van der Waals surface area contributed by atoms with Gasteiger partial charge in [-0.15, -0.1) is 0 Å². The monoisotopic (exact) mass is 485 g/mol. The van der Waals surface area contributed by atoms with Crippen molar-refractivity contribution in [2.75, 3.05) is 0 Å². The molecule has 0 radical (unpaired) electrons. The predicted octanol–water partition coefficient (Wildman–Crippen LogP) is 5.63. The predicted molar refractivity (Wildman–Crippen MR) is 104 cm³/mol. The minimum Gasteiger partial charge on any atom is -0.456 e. The van der Waals surface area contributed by atoms with E-state index < -0.39 is 23.5 Å². The fourth-order valence-electron chi connectivity index (χ4n) is 2.40. The number of para-hydroxylation sites is 1. The molecule has 0 aliphatic heterocycles. The number of rotatable bonds is 5. The molecule has 5 nitrogen and oxygen atoms in total. The molecule has 0 saturated heterocycles. The van der Waals surface area contributed by atoms with Crippen LogP contribution < -0.4 is 10.1 Å². The zero-order valence-electron chi connectivity index (χ0n) is 14.5. The summed E-state index contributed by atoms with van der Waals surface area (Å²) in [4.78, 5) is 19.0. The minimum absolute atomic E-state index is 0.0753. The summed E-state index contributed by atoms with van der Waals surface area (Å²) >= 11 is 9.26. The molecule has 1 aromatic heterocycles. The normalized spacial score (nSPS) is 11.2. The summed E-state index contributed by atoms with van der Waals surface area (Å²) in [5.74, 6) is -0.0830. The van der Waals surface area contributed by atoms with E-state index in [4.69, 9.17) is 16.3 Å². The van der Waals surface area contributed by atoms with Gasteiger partial charge in [-0.25, -0.2) is 9.97 Å². The van der Waals surface area contributed by atoms with Crippen LogP contribution in [-0.4, -0.2) is 15.9 Å². The van der Waals surface area contributed by atoms with Crippen LogP contribution in [0.15, 0.2) is 59.3 Å². The number of hydrogen-bond donors (Lipinski definition) is 1. The maximum atomic E-state index is 13.0. The lowest BCUT2D eigenvalue weighted by Gasteiger charge is -2.14. The lowest BCUT2D eigenvalue weighted by Crippen LogP contribution is -2.28. The van der Waals surface area contributed by atoms with Gasteiger partial charge in [-0.2, -0.15) is 13.2 Å². The second kappa shape index (κ2) is 8.79. The Morgan fingerprint density at radius 3 is 2.55 bits per heavy atom. The Bertz CT molecular complexity index is 1050. The molecule has 0 unspecified atom stereocenters. The standard InChI is InChI=1S/C19H12BrClF3N3O2/c20-13-9-12(21)5-6-15(13)29-14-4-2-1-3-11(14)10-27-18(28)16-17(19(22,23)24)26-8-7-25-16/h1-9H,10H2,(H,27,28). The summed E-state index contributed by atoms with van der Waals surface area (Å²) < 4.78 is 45.6. The SMILES string of the molecule is O=C(NCc1ccccc1Oc1ccc(Cl)cc1Br)c1nccnc1C(F)(F)F. The van der Waals surface area contributed by atoms with Gasteiger partial charge in [0, 0.05) is 29.5 Å². The Kier molecular flexibility index (Phi) is 6.39. The molecule has 1 heterocycles. The molecule has 3 rings (SSSR count). The number of amides is 1. The second-order valence-electron chi connectivity index (χ2n) is 5.72. The average molecular weight is 487 g/mol. The molecule has 0 saturated carbocycles. The van der Waals surface area contributed by atoms with Crippen molar-refractivity contribution in [2.24, 2.45) is 0 Å².